The Morgan fingerprint density at radius 3 is 1.23 bits per heavy atom. The second-order valence-corrected chi connectivity index (χ2v) is 27.4. The molecule has 0 heterocycles. The third kappa shape index (κ3) is 4.84. The highest BCUT2D eigenvalue weighted by atomic mass is 29.3. The molecule has 0 nitrogen and oxygen atoms in total. The van der Waals surface area contributed by atoms with Crippen molar-refractivity contribution in [2.24, 2.45) is 0 Å². The van der Waals surface area contributed by atoms with Crippen molar-refractivity contribution in [3.63, 3.8) is 0 Å². The Morgan fingerprint density at radius 2 is 1.00 bits per heavy atom. The van der Waals surface area contributed by atoms with E-state index in [2.05, 4.69) is 63.5 Å². The van der Waals surface area contributed by atoms with E-state index in [-0.39, 0.29) is 0 Å². The quantitative estimate of drug-likeness (QED) is 0.476. The zero-order valence-electron chi connectivity index (χ0n) is 10.5. The SMILES string of the molecule is C[Si](C)(C)C#C[Si](C)(C)[Si](C)(C)C. The number of rotatable bonds is 1. The van der Waals surface area contributed by atoms with E-state index in [4.69, 9.17) is 0 Å². The van der Waals surface area contributed by atoms with Gasteiger partial charge in [-0.05, 0) is 0 Å². The second kappa shape index (κ2) is 3.76. The van der Waals surface area contributed by atoms with Crippen LogP contribution in [0.25, 0.3) is 0 Å². The Hall–Kier alpha value is 0.211. The molecule has 0 N–H and O–H groups in total. The fourth-order valence-electron chi connectivity index (χ4n) is 0.531. The van der Waals surface area contributed by atoms with Crippen molar-refractivity contribution in [2.75, 3.05) is 0 Å². The van der Waals surface area contributed by atoms with Crippen LogP contribution in [0.5, 0.6) is 0 Å². The molecule has 0 aromatic rings. The molecule has 0 radical (unpaired) electrons. The van der Waals surface area contributed by atoms with Gasteiger partial charge in [-0.25, -0.2) is 0 Å². The van der Waals surface area contributed by atoms with E-state index in [0.29, 0.717) is 0 Å². The summed E-state index contributed by atoms with van der Waals surface area (Å²) in [5.74, 6) is 0. The van der Waals surface area contributed by atoms with Gasteiger partial charge in [0.2, 0.25) is 0 Å². The monoisotopic (exact) mass is 228 g/mol. The van der Waals surface area contributed by atoms with Crippen LogP contribution in [0.15, 0.2) is 0 Å². The van der Waals surface area contributed by atoms with Crippen molar-refractivity contribution < 1.29 is 0 Å². The van der Waals surface area contributed by atoms with Crippen LogP contribution in [-0.2, 0) is 0 Å². The van der Waals surface area contributed by atoms with Gasteiger partial charge in [0.15, 0.2) is 0 Å². The van der Waals surface area contributed by atoms with Crippen molar-refractivity contribution in [2.45, 2.75) is 52.4 Å². The van der Waals surface area contributed by atoms with E-state index >= 15 is 0 Å². The third-order valence-corrected chi connectivity index (χ3v) is 19.9. The molecular formula is C10H24Si3. The highest BCUT2D eigenvalue weighted by Gasteiger charge is 2.35. The van der Waals surface area contributed by atoms with E-state index in [1.807, 2.05) is 0 Å². The molecule has 0 amide bonds. The largest absolute Gasteiger partial charge is 0.142 e. The van der Waals surface area contributed by atoms with Crippen LogP contribution in [0.3, 0.4) is 0 Å². The zero-order valence-corrected chi connectivity index (χ0v) is 13.5. The highest BCUT2D eigenvalue weighted by Crippen LogP contribution is 2.17. The maximum atomic E-state index is 3.65. The van der Waals surface area contributed by atoms with Gasteiger partial charge in [0.05, 0.1) is 7.59 Å². The van der Waals surface area contributed by atoms with E-state index < -0.39 is 23.3 Å². The van der Waals surface area contributed by atoms with Crippen LogP contribution in [0.1, 0.15) is 0 Å². The van der Waals surface area contributed by atoms with Crippen LogP contribution in [0.2, 0.25) is 52.4 Å². The topological polar surface area (TPSA) is 0 Å². The Labute approximate surface area is 87.0 Å². The summed E-state index contributed by atoms with van der Waals surface area (Å²) in [7, 11) is -3.35. The van der Waals surface area contributed by atoms with Crippen LogP contribution in [-0.4, -0.2) is 23.3 Å². The zero-order chi connectivity index (χ0) is 10.9. The van der Waals surface area contributed by atoms with Crippen LogP contribution < -0.4 is 0 Å². The van der Waals surface area contributed by atoms with Gasteiger partial charge in [0, 0.05) is 0 Å². The molecule has 0 spiro atoms. The first kappa shape index (κ1) is 13.2. The van der Waals surface area contributed by atoms with Gasteiger partial charge in [-0.2, -0.15) is 0 Å². The third-order valence-electron chi connectivity index (χ3n) is 2.62. The summed E-state index contributed by atoms with van der Waals surface area (Å²) in [5.41, 5.74) is 7.21. The molecule has 0 saturated carbocycles. The molecule has 0 aliphatic rings. The summed E-state index contributed by atoms with van der Waals surface area (Å²) < 4.78 is 0. The first-order valence-electron chi connectivity index (χ1n) is 5.00. The molecule has 0 unspecified atom stereocenters. The van der Waals surface area contributed by atoms with Crippen LogP contribution in [0, 0.1) is 11.1 Å². The van der Waals surface area contributed by atoms with Crippen molar-refractivity contribution in [3.05, 3.63) is 0 Å². The fourth-order valence-corrected chi connectivity index (χ4v) is 5.34. The summed E-state index contributed by atoms with van der Waals surface area (Å²) >= 11 is 0. The molecule has 13 heavy (non-hydrogen) atoms. The maximum Gasteiger partial charge on any atom is 0.128 e. The van der Waals surface area contributed by atoms with Gasteiger partial charge in [0.25, 0.3) is 0 Å². The first-order valence-corrected chi connectivity index (χ1v) is 16.0. The normalized spacial score (nSPS) is 13.5. The van der Waals surface area contributed by atoms with Gasteiger partial charge in [-0.3, -0.25) is 0 Å². The minimum atomic E-state index is -1.20. The lowest BCUT2D eigenvalue weighted by Crippen LogP contribution is -2.51. The molecule has 0 fully saturated rings. The lowest BCUT2D eigenvalue weighted by Gasteiger charge is -2.30. The summed E-state index contributed by atoms with van der Waals surface area (Å²) in [6.45, 7) is 19.2. The van der Waals surface area contributed by atoms with Gasteiger partial charge in [-0.1, -0.05) is 52.4 Å². The van der Waals surface area contributed by atoms with Gasteiger partial charge in [0.1, 0.15) is 15.7 Å². The minimum absolute atomic E-state index is 0.997. The van der Waals surface area contributed by atoms with Crippen molar-refractivity contribution in [1.82, 2.24) is 0 Å². The maximum absolute atomic E-state index is 3.65. The highest BCUT2D eigenvalue weighted by molar-refractivity contribution is 7.43. The average molecular weight is 229 g/mol. The van der Waals surface area contributed by atoms with Crippen LogP contribution in [0.4, 0.5) is 0 Å². The Bertz CT molecular complexity index is 230. The van der Waals surface area contributed by atoms with Crippen molar-refractivity contribution >= 4 is 23.3 Å². The molecule has 76 valence electrons. The predicted molar refractivity (Wildman–Crippen MR) is 72.0 cm³/mol. The van der Waals surface area contributed by atoms with E-state index in [1.54, 1.807) is 0 Å². The van der Waals surface area contributed by atoms with E-state index in [1.165, 1.54) is 0 Å². The summed E-state index contributed by atoms with van der Waals surface area (Å²) in [6.07, 6.45) is 0. The predicted octanol–water partition coefficient (Wildman–Crippen LogP) is 3.53. The van der Waals surface area contributed by atoms with Crippen molar-refractivity contribution in [1.29, 1.82) is 0 Å². The molecule has 0 bridgehead atoms. The molecule has 3 heteroatoms. The van der Waals surface area contributed by atoms with Crippen LogP contribution >= 0.6 is 0 Å². The minimum Gasteiger partial charge on any atom is -0.142 e. The van der Waals surface area contributed by atoms with Gasteiger partial charge >= 0.3 is 0 Å². The lowest BCUT2D eigenvalue weighted by atomic mass is 11.4. The summed E-state index contributed by atoms with van der Waals surface area (Å²) in [4.78, 5) is 0. The molecule has 0 aliphatic heterocycles. The molecular weight excluding hydrogens is 204 g/mol. The number of hydrogen-bond donors (Lipinski definition) is 0. The lowest BCUT2D eigenvalue weighted by molar-refractivity contribution is 1.76. The Balaban J connectivity index is 4.77. The van der Waals surface area contributed by atoms with Crippen molar-refractivity contribution in [3.8, 4) is 11.1 Å². The van der Waals surface area contributed by atoms with E-state index in [9.17, 15) is 0 Å². The van der Waals surface area contributed by atoms with Gasteiger partial charge in [-0.15, -0.1) is 11.1 Å². The fraction of sp³-hybridized carbons (Fsp3) is 0.800. The summed E-state index contributed by atoms with van der Waals surface area (Å²) in [6, 6.07) is 0. The molecule has 0 aliphatic carbocycles. The second-order valence-electron chi connectivity index (χ2n) is 6.38. The molecule has 0 atom stereocenters. The standard InChI is InChI=1S/C10H24Si3/c1-11(2,3)9-10-13(7,8)12(4,5)6/h1-8H3. The Morgan fingerprint density at radius 1 is 0.615 bits per heavy atom. The van der Waals surface area contributed by atoms with E-state index in [0.717, 1.165) is 0 Å². The molecule has 0 aromatic heterocycles. The van der Waals surface area contributed by atoms with Gasteiger partial charge < -0.3 is 0 Å². The summed E-state index contributed by atoms with van der Waals surface area (Å²) in [5, 5.41) is 0. The number of hydrogen-bond acceptors (Lipinski definition) is 0. The average Bonchev–Trinajstić information content (AvgIpc) is 1.79. The first-order chi connectivity index (χ1) is 5.46. The molecule has 0 saturated heterocycles. The molecule has 0 aromatic carbocycles. The molecule has 0 rings (SSSR count). The smallest absolute Gasteiger partial charge is 0.128 e. The Kier molecular flexibility index (Phi) is 3.82.